The Morgan fingerprint density at radius 2 is 1.74 bits per heavy atom. The van der Waals surface area contributed by atoms with Crippen molar-refractivity contribution >= 4 is 21.6 Å². The van der Waals surface area contributed by atoms with Crippen LogP contribution in [0.5, 0.6) is 0 Å². The Labute approximate surface area is 119 Å². The predicted octanol–water partition coefficient (Wildman–Crippen LogP) is 4.77. The number of anilines is 1. The van der Waals surface area contributed by atoms with Crippen LogP contribution in [0.1, 0.15) is 12.5 Å². The zero-order valence-electron chi connectivity index (χ0n) is 10.5. The lowest BCUT2D eigenvalue weighted by atomic mass is 10.1. The summed E-state index contributed by atoms with van der Waals surface area (Å²) in [6, 6.07) is 11.3. The summed E-state index contributed by atoms with van der Waals surface area (Å²) >= 11 is 3.30. The van der Waals surface area contributed by atoms with Gasteiger partial charge in [0.15, 0.2) is 0 Å². The topological polar surface area (TPSA) is 12.0 Å². The van der Waals surface area contributed by atoms with Gasteiger partial charge in [0.1, 0.15) is 11.6 Å². The first-order chi connectivity index (χ1) is 9.08. The van der Waals surface area contributed by atoms with Crippen LogP contribution in [0.4, 0.5) is 14.5 Å². The number of para-hydroxylation sites is 1. The highest BCUT2D eigenvalue weighted by atomic mass is 79.9. The summed E-state index contributed by atoms with van der Waals surface area (Å²) in [5.74, 6) is -0.557. The molecule has 0 radical (unpaired) electrons. The van der Waals surface area contributed by atoms with Crippen molar-refractivity contribution in [2.24, 2.45) is 0 Å². The molecule has 1 N–H and O–H groups in total. The van der Waals surface area contributed by atoms with Crippen molar-refractivity contribution in [1.82, 2.24) is 0 Å². The second kappa shape index (κ2) is 6.15. The molecule has 0 aliphatic heterocycles. The minimum absolute atomic E-state index is 0.0786. The first kappa shape index (κ1) is 14.0. The molecule has 2 aromatic carbocycles. The molecule has 0 spiro atoms. The van der Waals surface area contributed by atoms with Gasteiger partial charge in [-0.3, -0.25) is 0 Å². The molecule has 2 rings (SSSR count). The quantitative estimate of drug-likeness (QED) is 0.853. The van der Waals surface area contributed by atoms with E-state index in [-0.39, 0.29) is 17.7 Å². The summed E-state index contributed by atoms with van der Waals surface area (Å²) in [6.07, 6.45) is 0.493. The van der Waals surface area contributed by atoms with Gasteiger partial charge < -0.3 is 5.32 Å². The van der Waals surface area contributed by atoms with E-state index in [1.165, 1.54) is 12.1 Å². The summed E-state index contributed by atoms with van der Waals surface area (Å²) in [5, 5.41) is 3.07. The fourth-order valence-corrected chi connectivity index (χ4v) is 2.38. The van der Waals surface area contributed by atoms with Crippen LogP contribution in [0.3, 0.4) is 0 Å². The Hall–Kier alpha value is -1.42. The zero-order chi connectivity index (χ0) is 13.8. The summed E-state index contributed by atoms with van der Waals surface area (Å²) in [6.45, 7) is 1.89. The van der Waals surface area contributed by atoms with Crippen molar-refractivity contribution in [2.45, 2.75) is 19.4 Å². The molecule has 0 heterocycles. The number of rotatable bonds is 4. The molecule has 0 bridgehead atoms. The van der Waals surface area contributed by atoms with Crippen molar-refractivity contribution in [2.75, 3.05) is 5.32 Å². The molecule has 0 saturated heterocycles. The van der Waals surface area contributed by atoms with Gasteiger partial charge >= 0.3 is 0 Å². The third kappa shape index (κ3) is 3.53. The van der Waals surface area contributed by atoms with Gasteiger partial charge in [0.05, 0.1) is 5.69 Å². The molecule has 1 unspecified atom stereocenters. The average molecular weight is 326 g/mol. The van der Waals surface area contributed by atoms with E-state index in [2.05, 4.69) is 21.2 Å². The van der Waals surface area contributed by atoms with Crippen molar-refractivity contribution in [3.05, 3.63) is 64.1 Å². The molecule has 1 atom stereocenters. The number of hydrogen-bond acceptors (Lipinski definition) is 1. The Morgan fingerprint density at radius 1 is 1.05 bits per heavy atom. The fourth-order valence-electron chi connectivity index (χ4n) is 1.93. The monoisotopic (exact) mass is 325 g/mol. The van der Waals surface area contributed by atoms with Crippen LogP contribution < -0.4 is 5.32 Å². The smallest absolute Gasteiger partial charge is 0.147 e. The standard InChI is InChI=1S/C15H14BrF2N/c1-10(9-11-5-2-3-7-13(11)17)19-15-12(16)6-4-8-14(15)18/h2-8,10,19H,9H2,1H3. The highest BCUT2D eigenvalue weighted by molar-refractivity contribution is 9.10. The van der Waals surface area contributed by atoms with E-state index in [4.69, 9.17) is 0 Å². The number of hydrogen-bond donors (Lipinski definition) is 1. The van der Waals surface area contributed by atoms with Crippen LogP contribution in [0.15, 0.2) is 46.9 Å². The lowest BCUT2D eigenvalue weighted by molar-refractivity contribution is 0.598. The molecule has 4 heteroatoms. The maximum absolute atomic E-state index is 13.7. The molecule has 0 aromatic heterocycles. The highest BCUT2D eigenvalue weighted by Crippen LogP contribution is 2.26. The van der Waals surface area contributed by atoms with Crippen molar-refractivity contribution in [1.29, 1.82) is 0 Å². The van der Waals surface area contributed by atoms with Crippen LogP contribution in [-0.2, 0) is 6.42 Å². The largest absolute Gasteiger partial charge is 0.379 e. The van der Waals surface area contributed by atoms with Crippen molar-refractivity contribution < 1.29 is 8.78 Å². The van der Waals surface area contributed by atoms with Crippen LogP contribution in [0, 0.1) is 11.6 Å². The summed E-state index contributed by atoms with van der Waals surface area (Å²) in [5.41, 5.74) is 1.03. The van der Waals surface area contributed by atoms with Gasteiger partial charge in [0.2, 0.25) is 0 Å². The van der Waals surface area contributed by atoms with Crippen LogP contribution in [0.25, 0.3) is 0 Å². The molecule has 0 fully saturated rings. The van der Waals surface area contributed by atoms with Gasteiger partial charge in [-0.05, 0) is 53.0 Å². The predicted molar refractivity (Wildman–Crippen MR) is 77.3 cm³/mol. The molecule has 0 saturated carbocycles. The normalized spacial score (nSPS) is 12.2. The maximum Gasteiger partial charge on any atom is 0.147 e. The van der Waals surface area contributed by atoms with E-state index in [0.717, 1.165) is 0 Å². The lowest BCUT2D eigenvalue weighted by Gasteiger charge is -2.17. The Balaban J connectivity index is 2.10. The van der Waals surface area contributed by atoms with Crippen LogP contribution in [-0.4, -0.2) is 6.04 Å². The lowest BCUT2D eigenvalue weighted by Crippen LogP contribution is -2.19. The molecule has 0 aliphatic carbocycles. The molecule has 0 aliphatic rings. The molecule has 100 valence electrons. The number of halogens is 3. The molecule has 0 amide bonds. The molecule has 19 heavy (non-hydrogen) atoms. The second-order valence-corrected chi connectivity index (χ2v) is 5.29. The van der Waals surface area contributed by atoms with Gasteiger partial charge in [-0.15, -0.1) is 0 Å². The second-order valence-electron chi connectivity index (χ2n) is 4.44. The highest BCUT2D eigenvalue weighted by Gasteiger charge is 2.11. The Morgan fingerprint density at radius 3 is 2.42 bits per heavy atom. The van der Waals surface area contributed by atoms with Crippen molar-refractivity contribution in [3.8, 4) is 0 Å². The van der Waals surface area contributed by atoms with Gasteiger partial charge in [0, 0.05) is 10.5 Å². The van der Waals surface area contributed by atoms with E-state index in [0.29, 0.717) is 22.1 Å². The third-order valence-corrected chi connectivity index (χ3v) is 3.50. The molecular weight excluding hydrogens is 312 g/mol. The molecule has 1 nitrogen and oxygen atoms in total. The summed E-state index contributed by atoms with van der Waals surface area (Å²) < 4.78 is 27.9. The minimum atomic E-state index is -0.324. The minimum Gasteiger partial charge on any atom is -0.379 e. The van der Waals surface area contributed by atoms with E-state index in [9.17, 15) is 8.78 Å². The summed E-state index contributed by atoms with van der Waals surface area (Å²) in [7, 11) is 0. The summed E-state index contributed by atoms with van der Waals surface area (Å²) in [4.78, 5) is 0. The van der Waals surface area contributed by atoms with Crippen LogP contribution in [0.2, 0.25) is 0 Å². The van der Waals surface area contributed by atoms with Gasteiger partial charge in [-0.25, -0.2) is 8.78 Å². The van der Waals surface area contributed by atoms with E-state index >= 15 is 0 Å². The fraction of sp³-hybridized carbons (Fsp3) is 0.200. The van der Waals surface area contributed by atoms with Gasteiger partial charge in [0.25, 0.3) is 0 Å². The van der Waals surface area contributed by atoms with E-state index < -0.39 is 0 Å². The number of nitrogens with one attached hydrogen (secondary N) is 1. The maximum atomic E-state index is 13.7. The number of benzene rings is 2. The first-order valence-corrected chi connectivity index (χ1v) is 6.81. The third-order valence-electron chi connectivity index (χ3n) is 2.84. The SMILES string of the molecule is CC(Cc1ccccc1F)Nc1c(F)cccc1Br. The molecular formula is C15H14BrF2N. The molecule has 2 aromatic rings. The Bertz CT molecular complexity index is 552. The Kier molecular flexibility index (Phi) is 4.53. The zero-order valence-corrected chi connectivity index (χ0v) is 12.0. The van der Waals surface area contributed by atoms with Gasteiger partial charge in [-0.1, -0.05) is 24.3 Å². The first-order valence-electron chi connectivity index (χ1n) is 6.02. The van der Waals surface area contributed by atoms with Crippen molar-refractivity contribution in [3.63, 3.8) is 0 Å². The van der Waals surface area contributed by atoms with E-state index in [1.54, 1.807) is 30.3 Å². The van der Waals surface area contributed by atoms with Gasteiger partial charge in [-0.2, -0.15) is 0 Å². The average Bonchev–Trinajstić information content (AvgIpc) is 2.37. The van der Waals surface area contributed by atoms with Crippen LogP contribution >= 0.6 is 15.9 Å². The van der Waals surface area contributed by atoms with E-state index in [1.807, 2.05) is 6.92 Å².